The molecule has 8 nitrogen and oxygen atoms in total. The van der Waals surface area contributed by atoms with Crippen molar-refractivity contribution in [2.45, 2.75) is 32.9 Å². The third-order valence-electron chi connectivity index (χ3n) is 6.84. The Bertz CT molecular complexity index is 1610. The predicted molar refractivity (Wildman–Crippen MR) is 169 cm³/mol. The smallest absolute Gasteiger partial charge is 0.244 e. The van der Waals surface area contributed by atoms with E-state index in [4.69, 9.17) is 4.74 Å². The molecule has 0 aromatic heterocycles. The minimum atomic E-state index is -3.87. The molecule has 4 rings (SSSR count). The van der Waals surface area contributed by atoms with Crippen LogP contribution in [0.4, 0.5) is 5.69 Å². The lowest BCUT2D eigenvalue weighted by molar-refractivity contribution is -0.140. The SMILES string of the molecule is CCNC(=O)[C@@H](Cc1ccccc1)N(Cc1cccc(C)c1)C(=O)CN(c1ccc(Oc2ccccc2)cc1)S(C)(=O)=O. The number of nitrogens with zero attached hydrogens (tertiary/aromatic N) is 2. The number of carbonyl (C=O) groups is 2. The van der Waals surface area contributed by atoms with Crippen LogP contribution in [0.15, 0.2) is 109 Å². The van der Waals surface area contributed by atoms with Gasteiger partial charge in [-0.05, 0) is 61.4 Å². The highest BCUT2D eigenvalue weighted by Gasteiger charge is 2.32. The third kappa shape index (κ3) is 8.93. The largest absolute Gasteiger partial charge is 0.457 e. The van der Waals surface area contributed by atoms with Crippen LogP contribution in [-0.2, 0) is 32.6 Å². The molecule has 0 aliphatic heterocycles. The van der Waals surface area contributed by atoms with E-state index in [1.165, 1.54) is 4.90 Å². The van der Waals surface area contributed by atoms with E-state index in [-0.39, 0.29) is 18.9 Å². The maximum absolute atomic E-state index is 14.1. The summed E-state index contributed by atoms with van der Waals surface area (Å²) < 4.78 is 32.9. The molecule has 4 aromatic carbocycles. The average Bonchev–Trinajstić information content (AvgIpc) is 2.99. The minimum Gasteiger partial charge on any atom is -0.457 e. The first-order chi connectivity index (χ1) is 20.6. The number of anilines is 1. The number of sulfonamides is 1. The summed E-state index contributed by atoms with van der Waals surface area (Å²) in [5.74, 6) is 0.367. The summed E-state index contributed by atoms with van der Waals surface area (Å²) >= 11 is 0. The molecule has 0 saturated carbocycles. The van der Waals surface area contributed by atoms with Crippen molar-refractivity contribution in [3.8, 4) is 11.5 Å². The molecule has 43 heavy (non-hydrogen) atoms. The molecule has 1 N–H and O–H groups in total. The predicted octanol–water partition coefficient (Wildman–Crippen LogP) is 5.33. The van der Waals surface area contributed by atoms with Crippen LogP contribution in [0.1, 0.15) is 23.6 Å². The Labute approximate surface area is 254 Å². The third-order valence-corrected chi connectivity index (χ3v) is 7.98. The van der Waals surface area contributed by atoms with Crippen LogP contribution >= 0.6 is 0 Å². The van der Waals surface area contributed by atoms with Gasteiger partial charge in [-0.25, -0.2) is 8.42 Å². The van der Waals surface area contributed by atoms with Crippen LogP contribution in [0.2, 0.25) is 0 Å². The number of hydrogen-bond donors (Lipinski definition) is 1. The van der Waals surface area contributed by atoms with Crippen LogP contribution in [0.5, 0.6) is 11.5 Å². The van der Waals surface area contributed by atoms with Crippen molar-refractivity contribution < 1.29 is 22.7 Å². The van der Waals surface area contributed by atoms with Crippen molar-refractivity contribution in [3.05, 3.63) is 126 Å². The molecule has 0 aliphatic carbocycles. The van der Waals surface area contributed by atoms with E-state index in [2.05, 4.69) is 5.32 Å². The molecular weight excluding hydrogens is 562 g/mol. The van der Waals surface area contributed by atoms with Gasteiger partial charge in [0.1, 0.15) is 24.1 Å². The van der Waals surface area contributed by atoms with Crippen molar-refractivity contribution in [1.82, 2.24) is 10.2 Å². The highest BCUT2D eigenvalue weighted by Crippen LogP contribution is 2.26. The molecule has 0 fully saturated rings. The highest BCUT2D eigenvalue weighted by molar-refractivity contribution is 7.92. The first-order valence-corrected chi connectivity index (χ1v) is 16.0. The topological polar surface area (TPSA) is 96.0 Å². The van der Waals surface area contributed by atoms with Gasteiger partial charge < -0.3 is 15.0 Å². The number of amides is 2. The van der Waals surface area contributed by atoms with Gasteiger partial charge in [0.25, 0.3) is 0 Å². The molecule has 224 valence electrons. The normalized spacial score (nSPS) is 11.8. The first-order valence-electron chi connectivity index (χ1n) is 14.1. The van der Waals surface area contributed by atoms with E-state index < -0.39 is 28.5 Å². The molecular formula is C34H37N3O5S. The summed E-state index contributed by atoms with van der Waals surface area (Å²) in [4.78, 5) is 29.1. The van der Waals surface area contributed by atoms with Crippen LogP contribution in [0.25, 0.3) is 0 Å². The monoisotopic (exact) mass is 599 g/mol. The second-order valence-electron chi connectivity index (χ2n) is 10.3. The zero-order chi connectivity index (χ0) is 30.8. The van der Waals surface area contributed by atoms with Gasteiger partial charge in [0, 0.05) is 19.5 Å². The van der Waals surface area contributed by atoms with Crippen LogP contribution in [0, 0.1) is 6.92 Å². The lowest BCUT2D eigenvalue weighted by atomic mass is 10.0. The van der Waals surface area contributed by atoms with Gasteiger partial charge >= 0.3 is 0 Å². The fourth-order valence-electron chi connectivity index (χ4n) is 4.77. The molecule has 1 atom stereocenters. The Kier molecular flexibility index (Phi) is 10.6. The summed E-state index contributed by atoms with van der Waals surface area (Å²) in [6.07, 6.45) is 1.33. The number of aryl methyl sites for hydroxylation is 1. The Morgan fingerprint density at radius 2 is 1.42 bits per heavy atom. The molecule has 0 spiro atoms. The molecule has 0 radical (unpaired) electrons. The molecule has 0 unspecified atom stereocenters. The average molecular weight is 600 g/mol. The van der Waals surface area contributed by atoms with Gasteiger partial charge in [0.15, 0.2) is 0 Å². The lowest BCUT2D eigenvalue weighted by Gasteiger charge is -2.33. The number of hydrogen-bond acceptors (Lipinski definition) is 5. The van der Waals surface area contributed by atoms with Gasteiger partial charge in [0.05, 0.1) is 11.9 Å². The Balaban J connectivity index is 1.66. The maximum atomic E-state index is 14.1. The minimum absolute atomic E-state index is 0.136. The van der Waals surface area contributed by atoms with E-state index in [1.807, 2.05) is 98.8 Å². The summed E-state index contributed by atoms with van der Waals surface area (Å²) in [5.41, 5.74) is 3.04. The molecule has 9 heteroatoms. The number of nitrogens with one attached hydrogen (secondary N) is 1. The van der Waals surface area contributed by atoms with E-state index in [1.54, 1.807) is 24.3 Å². The van der Waals surface area contributed by atoms with Crippen molar-refractivity contribution in [3.63, 3.8) is 0 Å². The fourth-order valence-corrected chi connectivity index (χ4v) is 5.62. The zero-order valence-electron chi connectivity index (χ0n) is 24.6. The van der Waals surface area contributed by atoms with Crippen LogP contribution < -0.4 is 14.4 Å². The summed E-state index contributed by atoms with van der Waals surface area (Å²) in [6.45, 7) is 3.83. The van der Waals surface area contributed by atoms with E-state index in [0.29, 0.717) is 23.7 Å². The number of carbonyl (C=O) groups excluding carboxylic acids is 2. The zero-order valence-corrected chi connectivity index (χ0v) is 25.5. The van der Waals surface area contributed by atoms with Crippen LogP contribution in [0.3, 0.4) is 0 Å². The number of para-hydroxylation sites is 1. The van der Waals surface area contributed by atoms with Crippen molar-refractivity contribution >= 4 is 27.5 Å². The summed E-state index contributed by atoms with van der Waals surface area (Å²) in [6, 6.07) is 32.0. The maximum Gasteiger partial charge on any atom is 0.244 e. The second kappa shape index (κ2) is 14.5. The lowest BCUT2D eigenvalue weighted by Crippen LogP contribution is -2.53. The Morgan fingerprint density at radius 3 is 2.02 bits per heavy atom. The fraction of sp³-hybridized carbons (Fsp3) is 0.235. The van der Waals surface area contributed by atoms with Crippen molar-refractivity contribution in [1.29, 1.82) is 0 Å². The van der Waals surface area contributed by atoms with E-state index >= 15 is 0 Å². The summed E-state index contributed by atoms with van der Waals surface area (Å²) in [7, 11) is -3.87. The van der Waals surface area contributed by atoms with Gasteiger partial charge in [-0.15, -0.1) is 0 Å². The van der Waals surface area contributed by atoms with Gasteiger partial charge in [0.2, 0.25) is 21.8 Å². The van der Waals surface area contributed by atoms with Gasteiger partial charge in [-0.3, -0.25) is 13.9 Å². The van der Waals surface area contributed by atoms with E-state index in [9.17, 15) is 18.0 Å². The molecule has 0 bridgehead atoms. The number of ether oxygens (including phenoxy) is 1. The molecule has 0 saturated heterocycles. The summed E-state index contributed by atoms with van der Waals surface area (Å²) in [5, 5.41) is 2.86. The van der Waals surface area contributed by atoms with Crippen molar-refractivity contribution in [2.75, 3.05) is 23.7 Å². The quantitative estimate of drug-likeness (QED) is 0.224. The Morgan fingerprint density at radius 1 is 0.814 bits per heavy atom. The number of likely N-dealkylation sites (N-methyl/N-ethyl adjacent to an activating group) is 1. The number of benzene rings is 4. The Hall–Kier alpha value is -4.63. The van der Waals surface area contributed by atoms with Crippen molar-refractivity contribution in [2.24, 2.45) is 0 Å². The number of rotatable bonds is 13. The van der Waals surface area contributed by atoms with Crippen LogP contribution in [-0.4, -0.2) is 50.5 Å². The molecule has 4 aromatic rings. The molecule has 2 amide bonds. The first kappa shape index (κ1) is 31.3. The highest BCUT2D eigenvalue weighted by atomic mass is 32.2. The second-order valence-corrected chi connectivity index (χ2v) is 12.2. The molecule has 0 aliphatic rings. The van der Waals surface area contributed by atoms with Gasteiger partial charge in [-0.1, -0.05) is 78.4 Å². The standard InChI is InChI=1S/C34H37N3O5S/c1-4-35-34(39)32(23-27-13-7-5-8-14-27)36(24-28-15-11-12-26(2)22-28)33(38)25-37(43(3,40)41)29-18-20-31(21-19-29)42-30-16-9-6-10-17-30/h5-22,32H,4,23-25H2,1-3H3,(H,35,39)/t32-/m1/s1. The molecule has 0 heterocycles. The van der Waals surface area contributed by atoms with Gasteiger partial charge in [-0.2, -0.15) is 0 Å². The van der Waals surface area contributed by atoms with E-state index in [0.717, 1.165) is 27.3 Å².